The average molecular weight is 310 g/mol. The van der Waals surface area contributed by atoms with E-state index in [0.717, 1.165) is 0 Å². The minimum atomic E-state index is -4.65. The van der Waals surface area contributed by atoms with Crippen LogP contribution in [0.4, 0.5) is 0 Å². The third-order valence-corrected chi connectivity index (χ3v) is 4.57. The lowest BCUT2D eigenvalue weighted by Gasteiger charge is -2.07. The SMILES string of the molecule is Cc1cc(S(=O)(=O)CCOS(=O)(=O)O)ccc1CO. The molecule has 1 aromatic carbocycles. The van der Waals surface area contributed by atoms with Crippen molar-refractivity contribution in [3.8, 4) is 0 Å². The zero-order valence-electron chi connectivity index (χ0n) is 10.1. The fraction of sp³-hybridized carbons (Fsp3) is 0.400. The predicted octanol–water partition coefficient (Wildman–Crippen LogP) is 0.0804. The van der Waals surface area contributed by atoms with Gasteiger partial charge >= 0.3 is 10.4 Å². The first-order chi connectivity index (χ1) is 8.65. The van der Waals surface area contributed by atoms with Crippen molar-refractivity contribution in [2.24, 2.45) is 0 Å². The Labute approximate surface area is 111 Å². The second kappa shape index (κ2) is 5.97. The summed E-state index contributed by atoms with van der Waals surface area (Å²) in [6, 6.07) is 4.18. The number of aliphatic hydroxyl groups excluding tert-OH is 1. The van der Waals surface area contributed by atoms with Crippen LogP contribution in [-0.4, -0.2) is 38.9 Å². The van der Waals surface area contributed by atoms with E-state index < -0.39 is 32.6 Å². The lowest BCUT2D eigenvalue weighted by atomic mass is 10.1. The predicted molar refractivity (Wildman–Crippen MR) is 66.7 cm³/mol. The van der Waals surface area contributed by atoms with Gasteiger partial charge in [-0.3, -0.25) is 4.55 Å². The van der Waals surface area contributed by atoms with E-state index in [-0.39, 0.29) is 11.5 Å². The number of aryl methyl sites for hydroxylation is 1. The summed E-state index contributed by atoms with van der Waals surface area (Å²) < 4.78 is 56.6. The van der Waals surface area contributed by atoms with Crippen LogP contribution in [0.5, 0.6) is 0 Å². The van der Waals surface area contributed by atoms with Crippen molar-refractivity contribution in [1.82, 2.24) is 0 Å². The van der Waals surface area contributed by atoms with Gasteiger partial charge < -0.3 is 5.11 Å². The summed E-state index contributed by atoms with van der Waals surface area (Å²) in [5.74, 6) is -0.579. The molecule has 108 valence electrons. The van der Waals surface area contributed by atoms with Gasteiger partial charge in [-0.25, -0.2) is 12.6 Å². The number of hydrogen-bond donors (Lipinski definition) is 2. The molecule has 0 spiro atoms. The molecule has 0 aromatic heterocycles. The van der Waals surface area contributed by atoms with Crippen LogP contribution >= 0.6 is 0 Å². The molecule has 0 amide bonds. The summed E-state index contributed by atoms with van der Waals surface area (Å²) in [7, 11) is -8.36. The molecule has 9 heteroatoms. The molecular formula is C10H14O7S2. The Balaban J connectivity index is 2.86. The minimum absolute atomic E-state index is 0.00105. The largest absolute Gasteiger partial charge is 0.397 e. The Morgan fingerprint density at radius 2 is 1.84 bits per heavy atom. The first kappa shape index (κ1) is 16.1. The molecule has 0 radical (unpaired) electrons. The fourth-order valence-corrected chi connectivity index (χ4v) is 2.98. The number of sulfone groups is 1. The van der Waals surface area contributed by atoms with Crippen LogP contribution in [0.1, 0.15) is 11.1 Å². The van der Waals surface area contributed by atoms with Crippen molar-refractivity contribution in [1.29, 1.82) is 0 Å². The summed E-state index contributed by atoms with van der Waals surface area (Å²) in [5.41, 5.74) is 1.22. The van der Waals surface area contributed by atoms with Gasteiger partial charge in [-0.15, -0.1) is 0 Å². The van der Waals surface area contributed by atoms with Crippen LogP contribution in [0.3, 0.4) is 0 Å². The Hall–Kier alpha value is -1.00. The number of rotatable bonds is 6. The zero-order valence-corrected chi connectivity index (χ0v) is 11.7. The summed E-state index contributed by atoms with van der Waals surface area (Å²) >= 11 is 0. The van der Waals surface area contributed by atoms with Crippen LogP contribution in [0.2, 0.25) is 0 Å². The molecule has 0 aliphatic carbocycles. The van der Waals surface area contributed by atoms with E-state index in [1.54, 1.807) is 6.92 Å². The Kier molecular flexibility index (Phi) is 5.04. The van der Waals surface area contributed by atoms with Crippen molar-refractivity contribution < 1.29 is 30.7 Å². The summed E-state index contributed by atoms with van der Waals surface area (Å²) in [5, 5.41) is 8.98. The summed E-state index contributed by atoms with van der Waals surface area (Å²) in [6.07, 6.45) is 0. The van der Waals surface area contributed by atoms with Gasteiger partial charge in [0.05, 0.1) is 23.9 Å². The molecule has 0 bridgehead atoms. The van der Waals surface area contributed by atoms with Crippen molar-refractivity contribution in [3.05, 3.63) is 29.3 Å². The highest BCUT2D eigenvalue weighted by atomic mass is 32.3. The topological polar surface area (TPSA) is 118 Å². The highest BCUT2D eigenvalue weighted by molar-refractivity contribution is 7.91. The van der Waals surface area contributed by atoms with Crippen molar-refractivity contribution in [2.45, 2.75) is 18.4 Å². The highest BCUT2D eigenvalue weighted by Gasteiger charge is 2.17. The van der Waals surface area contributed by atoms with Gasteiger partial charge in [0, 0.05) is 0 Å². The van der Waals surface area contributed by atoms with E-state index in [4.69, 9.17) is 9.66 Å². The monoisotopic (exact) mass is 310 g/mol. The van der Waals surface area contributed by atoms with Crippen molar-refractivity contribution in [2.75, 3.05) is 12.4 Å². The smallest absolute Gasteiger partial charge is 0.392 e. The van der Waals surface area contributed by atoms with Crippen LogP contribution in [-0.2, 0) is 31.0 Å². The number of aliphatic hydroxyl groups is 1. The van der Waals surface area contributed by atoms with Gasteiger partial charge in [-0.05, 0) is 30.2 Å². The second-order valence-corrected chi connectivity index (χ2v) is 7.02. The molecule has 0 saturated carbocycles. The van der Waals surface area contributed by atoms with E-state index >= 15 is 0 Å². The molecule has 0 heterocycles. The van der Waals surface area contributed by atoms with Crippen LogP contribution in [0, 0.1) is 6.92 Å². The molecule has 1 aromatic rings. The standard InChI is InChI=1S/C10H14O7S2/c1-8-6-10(3-2-9(8)7-11)18(12,13)5-4-17-19(14,15)16/h2-3,6,11H,4-5,7H2,1H3,(H,14,15,16). The Morgan fingerprint density at radius 3 is 2.32 bits per heavy atom. The summed E-state index contributed by atoms with van der Waals surface area (Å²) in [6.45, 7) is 0.791. The normalized spacial score (nSPS) is 12.6. The first-order valence-electron chi connectivity index (χ1n) is 5.21. The highest BCUT2D eigenvalue weighted by Crippen LogP contribution is 2.17. The Morgan fingerprint density at radius 1 is 1.21 bits per heavy atom. The summed E-state index contributed by atoms with van der Waals surface area (Å²) in [4.78, 5) is 0.00105. The van der Waals surface area contributed by atoms with E-state index in [2.05, 4.69) is 4.18 Å². The Bertz CT molecular complexity index is 646. The molecule has 19 heavy (non-hydrogen) atoms. The van der Waals surface area contributed by atoms with Crippen molar-refractivity contribution in [3.63, 3.8) is 0 Å². The molecular weight excluding hydrogens is 296 g/mol. The molecule has 0 saturated heterocycles. The first-order valence-corrected chi connectivity index (χ1v) is 8.22. The van der Waals surface area contributed by atoms with Gasteiger partial charge in [0.25, 0.3) is 0 Å². The van der Waals surface area contributed by atoms with Crippen molar-refractivity contribution >= 4 is 20.2 Å². The maximum Gasteiger partial charge on any atom is 0.397 e. The van der Waals surface area contributed by atoms with E-state index in [0.29, 0.717) is 11.1 Å². The van der Waals surface area contributed by atoms with Gasteiger partial charge in [0.1, 0.15) is 0 Å². The third kappa shape index (κ3) is 4.88. The van der Waals surface area contributed by atoms with Crippen LogP contribution in [0.15, 0.2) is 23.1 Å². The molecule has 0 fully saturated rings. The fourth-order valence-electron chi connectivity index (χ4n) is 1.41. The quantitative estimate of drug-likeness (QED) is 0.714. The van der Waals surface area contributed by atoms with E-state index in [1.165, 1.54) is 18.2 Å². The maximum atomic E-state index is 11.9. The minimum Gasteiger partial charge on any atom is -0.392 e. The van der Waals surface area contributed by atoms with E-state index in [1.807, 2.05) is 0 Å². The third-order valence-electron chi connectivity index (χ3n) is 2.43. The number of benzene rings is 1. The van der Waals surface area contributed by atoms with Gasteiger partial charge in [0.2, 0.25) is 0 Å². The van der Waals surface area contributed by atoms with Crippen LogP contribution < -0.4 is 0 Å². The lowest BCUT2D eigenvalue weighted by Crippen LogP contribution is -2.15. The molecule has 0 aliphatic heterocycles. The average Bonchev–Trinajstić information content (AvgIpc) is 2.26. The number of hydrogen-bond acceptors (Lipinski definition) is 6. The van der Waals surface area contributed by atoms with Gasteiger partial charge in [-0.2, -0.15) is 8.42 Å². The molecule has 2 N–H and O–H groups in total. The van der Waals surface area contributed by atoms with Crippen LogP contribution in [0.25, 0.3) is 0 Å². The molecule has 0 aliphatic rings. The lowest BCUT2D eigenvalue weighted by molar-refractivity contribution is 0.280. The maximum absolute atomic E-state index is 11.9. The molecule has 7 nitrogen and oxygen atoms in total. The van der Waals surface area contributed by atoms with Gasteiger partial charge in [-0.1, -0.05) is 6.07 Å². The second-order valence-electron chi connectivity index (χ2n) is 3.81. The molecule has 0 atom stereocenters. The van der Waals surface area contributed by atoms with Gasteiger partial charge in [0.15, 0.2) is 9.84 Å². The zero-order chi connectivity index (χ0) is 14.7. The molecule has 1 rings (SSSR count). The van der Waals surface area contributed by atoms with E-state index in [9.17, 15) is 16.8 Å². The molecule has 0 unspecified atom stereocenters.